The lowest BCUT2D eigenvalue weighted by atomic mass is 9.86. The third-order valence-electron chi connectivity index (χ3n) is 6.32. The topological polar surface area (TPSA) is 120 Å². The molecule has 5 rings (SSSR count). The number of carbonyl (C=O) groups is 1. The van der Waals surface area contributed by atoms with Crippen LogP contribution in [0.5, 0.6) is 11.5 Å². The lowest BCUT2D eigenvalue weighted by Crippen LogP contribution is -2.34. The van der Waals surface area contributed by atoms with Crippen molar-refractivity contribution in [2.24, 2.45) is 13.0 Å². The monoisotopic (exact) mass is 504 g/mol. The van der Waals surface area contributed by atoms with Gasteiger partial charge in [-0.3, -0.25) is 14.6 Å². The molecule has 1 aliphatic carbocycles. The maximum Gasteiger partial charge on any atom is 0.263 e. The molecular formula is C23H26ClFN6O4. The van der Waals surface area contributed by atoms with Gasteiger partial charge in [-0.1, -0.05) is 0 Å². The molecule has 2 aliphatic rings. The fraction of sp³-hybridized carbons (Fsp3) is 0.435. The van der Waals surface area contributed by atoms with Crippen LogP contribution in [-0.2, 0) is 18.4 Å². The number of aromatic nitrogens is 4. The molecule has 0 atom stereocenters. The quantitative estimate of drug-likeness (QED) is 0.525. The fourth-order valence-corrected chi connectivity index (χ4v) is 4.40. The second kappa shape index (κ2) is 10.5. The Hall–Kier alpha value is -3.31. The van der Waals surface area contributed by atoms with Crippen LogP contribution in [0.1, 0.15) is 31.5 Å². The van der Waals surface area contributed by atoms with Crippen molar-refractivity contribution in [3.05, 3.63) is 46.5 Å². The van der Waals surface area contributed by atoms with Crippen LogP contribution in [0.2, 0.25) is 0 Å². The van der Waals surface area contributed by atoms with Crippen LogP contribution in [0.15, 0.2) is 29.3 Å². The van der Waals surface area contributed by atoms with Crippen molar-refractivity contribution in [2.75, 3.05) is 18.5 Å². The van der Waals surface area contributed by atoms with Gasteiger partial charge in [0.1, 0.15) is 11.3 Å². The smallest absolute Gasteiger partial charge is 0.263 e. The zero-order chi connectivity index (χ0) is 23.7. The van der Waals surface area contributed by atoms with Gasteiger partial charge in [-0.05, 0) is 37.7 Å². The number of amides is 1. The second-order valence-electron chi connectivity index (χ2n) is 8.65. The highest BCUT2D eigenvalue weighted by atomic mass is 35.5. The molecule has 3 aromatic heterocycles. The third kappa shape index (κ3) is 5.35. The molecule has 2 N–H and O–H groups in total. The molecule has 186 valence electrons. The molecule has 1 saturated carbocycles. The molecule has 0 unspecified atom stereocenters. The molecule has 3 aromatic rings. The predicted molar refractivity (Wildman–Crippen MR) is 128 cm³/mol. The number of nitrogens with one attached hydrogen (secondary N) is 2. The van der Waals surface area contributed by atoms with E-state index in [4.69, 9.17) is 9.47 Å². The predicted octanol–water partition coefficient (Wildman–Crippen LogP) is 2.34. The van der Waals surface area contributed by atoms with Gasteiger partial charge in [0, 0.05) is 19.2 Å². The minimum atomic E-state index is -0.573. The maximum atomic E-state index is 14.5. The number of hydrogen-bond donors (Lipinski definition) is 2. The van der Waals surface area contributed by atoms with Crippen LogP contribution < -0.4 is 25.7 Å². The molecular weight excluding hydrogens is 479 g/mol. The highest BCUT2D eigenvalue weighted by molar-refractivity contribution is 5.94. The number of halogens is 2. The molecule has 35 heavy (non-hydrogen) atoms. The molecule has 0 saturated heterocycles. The standard InChI is InChI=1S/C23H25FN6O4.ClH/c1-30-20(32)7-6-16-21(30)22(15(24)8-26-16)34-11-13-2-4-14(5-3-13)25-10-18-27-9-17-23(28-18)29-19(31)12-33-17;/h6-9,13-14,25H,2-5,10-12H2,1H3,(H,27,28,29,31);1H. The van der Waals surface area contributed by atoms with Crippen molar-refractivity contribution in [2.45, 2.75) is 38.3 Å². The summed E-state index contributed by atoms with van der Waals surface area (Å²) in [6, 6.07) is 3.29. The Bertz CT molecular complexity index is 1290. The average molecular weight is 505 g/mol. The second-order valence-corrected chi connectivity index (χ2v) is 8.65. The number of rotatable bonds is 6. The Morgan fingerprint density at radius 3 is 2.80 bits per heavy atom. The number of anilines is 1. The molecule has 0 bridgehead atoms. The van der Waals surface area contributed by atoms with Crippen LogP contribution in [0.25, 0.3) is 11.0 Å². The fourth-order valence-electron chi connectivity index (χ4n) is 4.40. The maximum absolute atomic E-state index is 14.5. The number of carbonyl (C=O) groups excluding carboxylic acids is 1. The van der Waals surface area contributed by atoms with Gasteiger partial charge in [-0.2, -0.15) is 0 Å². The summed E-state index contributed by atoms with van der Waals surface area (Å²) in [6.45, 7) is 0.833. The van der Waals surface area contributed by atoms with E-state index < -0.39 is 5.82 Å². The Kier molecular flexibility index (Phi) is 7.46. The van der Waals surface area contributed by atoms with E-state index >= 15 is 0 Å². The number of pyridine rings is 2. The van der Waals surface area contributed by atoms with Crippen LogP contribution in [0, 0.1) is 11.7 Å². The van der Waals surface area contributed by atoms with Gasteiger partial charge in [0.05, 0.1) is 31.1 Å². The van der Waals surface area contributed by atoms with Crippen molar-refractivity contribution >= 4 is 35.2 Å². The van der Waals surface area contributed by atoms with Gasteiger partial charge in [0.15, 0.2) is 29.7 Å². The molecule has 0 radical (unpaired) electrons. The average Bonchev–Trinajstić information content (AvgIpc) is 2.85. The van der Waals surface area contributed by atoms with E-state index in [1.165, 1.54) is 10.6 Å². The molecule has 1 aliphatic heterocycles. The SMILES string of the molecule is Cl.Cn1c(=O)ccc2ncc(F)c(OCC3CCC(NCc4ncc5c(n4)NC(=O)CO5)CC3)c21. The Morgan fingerprint density at radius 2 is 2.00 bits per heavy atom. The van der Waals surface area contributed by atoms with Crippen LogP contribution in [0.4, 0.5) is 10.2 Å². The first-order valence-electron chi connectivity index (χ1n) is 11.3. The van der Waals surface area contributed by atoms with E-state index in [-0.39, 0.29) is 42.1 Å². The van der Waals surface area contributed by atoms with Crippen molar-refractivity contribution < 1.29 is 18.7 Å². The summed E-state index contributed by atoms with van der Waals surface area (Å²) in [7, 11) is 1.59. The lowest BCUT2D eigenvalue weighted by Gasteiger charge is -2.29. The highest BCUT2D eigenvalue weighted by Crippen LogP contribution is 2.30. The van der Waals surface area contributed by atoms with E-state index in [1.54, 1.807) is 19.3 Å². The van der Waals surface area contributed by atoms with Crippen molar-refractivity contribution in [3.8, 4) is 11.5 Å². The van der Waals surface area contributed by atoms with E-state index in [2.05, 4.69) is 25.6 Å². The van der Waals surface area contributed by atoms with E-state index in [1.807, 2.05) is 0 Å². The summed E-state index contributed by atoms with van der Waals surface area (Å²) in [5.74, 6) is 1.02. The van der Waals surface area contributed by atoms with E-state index in [9.17, 15) is 14.0 Å². The summed E-state index contributed by atoms with van der Waals surface area (Å²) >= 11 is 0. The molecule has 1 fully saturated rings. The zero-order valence-electron chi connectivity index (χ0n) is 19.1. The summed E-state index contributed by atoms with van der Waals surface area (Å²) in [4.78, 5) is 36.2. The first kappa shape index (κ1) is 24.8. The van der Waals surface area contributed by atoms with Crippen LogP contribution in [-0.4, -0.2) is 44.7 Å². The molecule has 0 spiro atoms. The largest absolute Gasteiger partial charge is 0.488 e. The van der Waals surface area contributed by atoms with Crippen molar-refractivity contribution in [1.82, 2.24) is 24.8 Å². The molecule has 1 amide bonds. The van der Waals surface area contributed by atoms with E-state index in [0.717, 1.165) is 31.9 Å². The van der Waals surface area contributed by atoms with Gasteiger partial charge in [-0.25, -0.2) is 14.4 Å². The minimum Gasteiger partial charge on any atom is -0.488 e. The van der Waals surface area contributed by atoms with E-state index in [0.29, 0.717) is 47.6 Å². The van der Waals surface area contributed by atoms with Gasteiger partial charge >= 0.3 is 0 Å². The molecule has 12 heteroatoms. The summed E-state index contributed by atoms with van der Waals surface area (Å²) in [5, 5.41) is 6.16. The number of nitrogens with zero attached hydrogens (tertiary/aromatic N) is 4. The van der Waals surface area contributed by atoms with Crippen molar-refractivity contribution in [1.29, 1.82) is 0 Å². The first-order chi connectivity index (χ1) is 16.5. The Balaban J connectivity index is 0.00000289. The van der Waals surface area contributed by atoms with Gasteiger partial charge in [0.2, 0.25) is 0 Å². The normalized spacial score (nSPS) is 19.3. The molecule has 0 aromatic carbocycles. The highest BCUT2D eigenvalue weighted by Gasteiger charge is 2.24. The molecule has 10 nitrogen and oxygen atoms in total. The van der Waals surface area contributed by atoms with Crippen LogP contribution >= 0.6 is 12.4 Å². The van der Waals surface area contributed by atoms with Gasteiger partial charge < -0.3 is 24.7 Å². The Labute approximate surface area is 206 Å². The summed E-state index contributed by atoms with van der Waals surface area (Å²) in [6.07, 6.45) is 6.44. The number of fused-ring (bicyclic) bond motifs is 2. The summed E-state index contributed by atoms with van der Waals surface area (Å²) < 4.78 is 27.0. The van der Waals surface area contributed by atoms with Gasteiger partial charge in [-0.15, -0.1) is 12.4 Å². The summed E-state index contributed by atoms with van der Waals surface area (Å²) in [5.41, 5.74) is 0.644. The van der Waals surface area contributed by atoms with Gasteiger partial charge in [0.25, 0.3) is 11.5 Å². The first-order valence-corrected chi connectivity index (χ1v) is 11.3. The van der Waals surface area contributed by atoms with Crippen molar-refractivity contribution in [3.63, 3.8) is 0 Å². The third-order valence-corrected chi connectivity index (χ3v) is 6.32. The number of aryl methyl sites for hydroxylation is 1. The Morgan fingerprint density at radius 1 is 1.20 bits per heavy atom. The zero-order valence-corrected chi connectivity index (χ0v) is 19.9. The molecule has 4 heterocycles. The number of hydrogen-bond acceptors (Lipinski definition) is 8. The number of ether oxygens (including phenoxy) is 2. The minimum absolute atomic E-state index is 0. The van der Waals surface area contributed by atoms with Crippen LogP contribution in [0.3, 0.4) is 0 Å². The lowest BCUT2D eigenvalue weighted by molar-refractivity contribution is -0.118.